The predicted octanol–water partition coefficient (Wildman–Crippen LogP) is 1.67. The second-order valence-corrected chi connectivity index (χ2v) is 9.13. The van der Waals surface area contributed by atoms with E-state index in [1.54, 1.807) is 20.4 Å². The topological polar surface area (TPSA) is 96.6 Å². The Morgan fingerprint density at radius 1 is 1.18 bits per heavy atom. The van der Waals surface area contributed by atoms with E-state index >= 15 is 0 Å². The Labute approximate surface area is 198 Å². The van der Waals surface area contributed by atoms with Crippen molar-refractivity contribution in [2.75, 3.05) is 59.3 Å². The zero-order valence-corrected chi connectivity index (χ0v) is 20.0. The van der Waals surface area contributed by atoms with Crippen LogP contribution in [-0.2, 0) is 21.3 Å². The third kappa shape index (κ3) is 4.27. The number of amides is 1. The molecular formula is C24H30N7O3+. The summed E-state index contributed by atoms with van der Waals surface area (Å²) < 4.78 is 12.8. The Hall–Kier alpha value is -3.33. The Morgan fingerprint density at radius 2 is 1.97 bits per heavy atom. The highest BCUT2D eigenvalue weighted by atomic mass is 16.5. The molecule has 0 radical (unpaired) electrons. The number of anilines is 1. The third-order valence-corrected chi connectivity index (χ3v) is 6.90. The summed E-state index contributed by atoms with van der Waals surface area (Å²) in [6.45, 7) is 5.35. The third-order valence-electron chi connectivity index (χ3n) is 6.90. The number of piperazine rings is 1. The Morgan fingerprint density at radius 3 is 2.71 bits per heavy atom. The number of fused-ring (bicyclic) bond motifs is 1. The van der Waals surface area contributed by atoms with E-state index in [0.29, 0.717) is 29.1 Å². The van der Waals surface area contributed by atoms with Crippen LogP contribution in [0.4, 0.5) is 5.82 Å². The highest BCUT2D eigenvalue weighted by molar-refractivity contribution is 6.23. The standard InChI is InChI=1S/C24H29N7O3/c1-29-5-7-31(8-6-29)13-16-9-17(16)22(32)28-20-11-15-10-18(30(2)19(15)12-25-20)21-23(33-3)26-14-27-24(21)34-4/h10-12,16-17H,5-9,13H2,1-4H3/p+1/t16-,17+/m1/s1. The van der Waals surface area contributed by atoms with E-state index in [4.69, 9.17) is 9.47 Å². The first-order chi connectivity index (χ1) is 16.5. The van der Waals surface area contributed by atoms with Gasteiger partial charge in [0.25, 0.3) is 6.34 Å². The Kier molecular flexibility index (Phi) is 6.03. The summed E-state index contributed by atoms with van der Waals surface area (Å²) in [4.78, 5) is 30.3. The van der Waals surface area contributed by atoms with Crippen molar-refractivity contribution >= 4 is 40.4 Å². The highest BCUT2D eigenvalue weighted by Gasteiger charge is 2.44. The first-order valence-electron chi connectivity index (χ1n) is 11.5. The van der Waals surface area contributed by atoms with Gasteiger partial charge >= 0.3 is 11.8 Å². The Balaban J connectivity index is 1.30. The summed E-state index contributed by atoms with van der Waals surface area (Å²) in [7, 11) is 7.18. The molecule has 1 saturated carbocycles. The monoisotopic (exact) mass is 464 g/mol. The molecule has 1 amide bonds. The molecule has 178 valence electrons. The van der Waals surface area contributed by atoms with Gasteiger partial charge in [-0.15, -0.1) is 0 Å². The molecule has 2 fully saturated rings. The van der Waals surface area contributed by atoms with Gasteiger partial charge in [0.05, 0.1) is 31.6 Å². The van der Waals surface area contributed by atoms with Crippen LogP contribution in [0.2, 0.25) is 0 Å². The van der Waals surface area contributed by atoms with Crippen molar-refractivity contribution in [2.24, 2.45) is 28.9 Å². The molecule has 0 spiro atoms. The number of likely N-dealkylation sites (N-methyl/N-ethyl adjacent to an activating group) is 1. The summed E-state index contributed by atoms with van der Waals surface area (Å²) in [6, 6.07) is 3.88. The van der Waals surface area contributed by atoms with Crippen molar-refractivity contribution in [1.29, 1.82) is 0 Å². The van der Waals surface area contributed by atoms with Crippen molar-refractivity contribution in [2.45, 2.75) is 6.42 Å². The SMILES string of the molecule is COC1=N[C+]=NC(OC)=C1c1cc2cc(NC(=O)[C@H]3C[C@@H]3CN3CCN(C)CC3)ncc2n1C. The molecule has 2 aromatic heterocycles. The lowest BCUT2D eigenvalue weighted by Gasteiger charge is -2.32. The summed E-state index contributed by atoms with van der Waals surface area (Å²) in [5.41, 5.74) is 2.36. The molecule has 5 rings (SSSR count). The second-order valence-electron chi connectivity index (χ2n) is 9.13. The van der Waals surface area contributed by atoms with Crippen LogP contribution >= 0.6 is 0 Å². The van der Waals surface area contributed by atoms with Gasteiger partial charge in [0.2, 0.25) is 11.5 Å². The van der Waals surface area contributed by atoms with Crippen molar-refractivity contribution in [3.63, 3.8) is 0 Å². The molecule has 0 unspecified atom stereocenters. The van der Waals surface area contributed by atoms with Crippen LogP contribution in [0.5, 0.6) is 0 Å². The van der Waals surface area contributed by atoms with E-state index < -0.39 is 0 Å². The minimum atomic E-state index is 0.0532. The van der Waals surface area contributed by atoms with Crippen molar-refractivity contribution in [3.05, 3.63) is 29.9 Å². The van der Waals surface area contributed by atoms with Crippen LogP contribution < -0.4 is 5.32 Å². The molecule has 10 nitrogen and oxygen atoms in total. The molecule has 0 aromatic carbocycles. The molecule has 1 saturated heterocycles. The van der Waals surface area contributed by atoms with Crippen LogP contribution in [0.3, 0.4) is 0 Å². The fraction of sp³-hybridized carbons (Fsp3) is 0.500. The number of nitrogens with one attached hydrogen (secondary N) is 1. The van der Waals surface area contributed by atoms with Crippen LogP contribution in [0, 0.1) is 11.8 Å². The number of methoxy groups -OCH3 is 2. The van der Waals surface area contributed by atoms with Crippen molar-refractivity contribution < 1.29 is 14.3 Å². The fourth-order valence-corrected chi connectivity index (χ4v) is 4.73. The minimum Gasteiger partial charge on any atom is -0.421 e. The maximum atomic E-state index is 12.8. The van der Waals surface area contributed by atoms with Gasteiger partial charge in [-0.05, 0) is 41.5 Å². The van der Waals surface area contributed by atoms with Gasteiger partial charge in [-0.25, -0.2) is 4.98 Å². The lowest BCUT2D eigenvalue weighted by Crippen LogP contribution is -2.45. The van der Waals surface area contributed by atoms with Gasteiger partial charge < -0.3 is 29.2 Å². The summed E-state index contributed by atoms with van der Waals surface area (Å²) in [6.07, 6.45) is 5.26. The molecular weight excluding hydrogens is 434 g/mol. The summed E-state index contributed by atoms with van der Waals surface area (Å²) in [5, 5.41) is 3.95. The van der Waals surface area contributed by atoms with Gasteiger partial charge in [-0.2, -0.15) is 0 Å². The van der Waals surface area contributed by atoms with Gasteiger partial charge in [-0.1, -0.05) is 0 Å². The van der Waals surface area contributed by atoms with Crippen LogP contribution in [0.15, 0.2) is 34.2 Å². The van der Waals surface area contributed by atoms with Gasteiger partial charge in [0.1, 0.15) is 5.82 Å². The molecule has 10 heteroatoms. The van der Waals surface area contributed by atoms with E-state index in [9.17, 15) is 4.79 Å². The summed E-state index contributed by atoms with van der Waals surface area (Å²) in [5.74, 6) is 1.85. The average molecular weight is 465 g/mol. The number of aromatic nitrogens is 2. The van der Waals surface area contributed by atoms with Crippen LogP contribution in [0.1, 0.15) is 12.1 Å². The number of nitrogens with zero attached hydrogens (tertiary/aromatic N) is 6. The molecule has 2 atom stereocenters. The molecule has 1 aliphatic carbocycles. The average Bonchev–Trinajstić information content (AvgIpc) is 3.55. The first kappa shape index (κ1) is 22.5. The van der Waals surface area contributed by atoms with Gasteiger partial charge in [-0.3, -0.25) is 4.79 Å². The molecule has 3 aliphatic rings. The van der Waals surface area contributed by atoms with E-state index in [1.165, 1.54) is 0 Å². The lowest BCUT2D eigenvalue weighted by molar-refractivity contribution is -0.117. The number of aryl methyl sites for hydroxylation is 1. The number of carbonyl (C=O) groups is 1. The quantitative estimate of drug-likeness (QED) is 0.654. The lowest BCUT2D eigenvalue weighted by atomic mass is 10.1. The number of pyridine rings is 1. The molecule has 4 heterocycles. The van der Waals surface area contributed by atoms with E-state index in [-0.39, 0.29) is 11.8 Å². The zero-order valence-electron chi connectivity index (χ0n) is 20.0. The van der Waals surface area contributed by atoms with E-state index in [2.05, 4.69) is 43.5 Å². The normalized spacial score (nSPS) is 23.0. The minimum absolute atomic E-state index is 0.0532. The molecule has 0 bridgehead atoms. The van der Waals surface area contributed by atoms with Gasteiger partial charge in [0, 0.05) is 51.1 Å². The second kappa shape index (κ2) is 9.13. The maximum Gasteiger partial charge on any atom is 0.347 e. The molecule has 1 N–H and O–H groups in total. The van der Waals surface area contributed by atoms with Crippen LogP contribution in [0.25, 0.3) is 16.5 Å². The number of hydrogen-bond acceptors (Lipinski definition) is 8. The predicted molar refractivity (Wildman–Crippen MR) is 131 cm³/mol. The molecule has 34 heavy (non-hydrogen) atoms. The van der Waals surface area contributed by atoms with Crippen molar-refractivity contribution in [1.82, 2.24) is 19.4 Å². The fourth-order valence-electron chi connectivity index (χ4n) is 4.73. The highest BCUT2D eigenvalue weighted by Crippen LogP contribution is 2.40. The van der Waals surface area contributed by atoms with E-state index in [1.807, 2.05) is 23.7 Å². The zero-order chi connectivity index (χ0) is 23.8. The Bertz CT molecular complexity index is 1190. The van der Waals surface area contributed by atoms with Crippen LogP contribution in [-0.4, -0.2) is 91.5 Å². The number of carbonyl (C=O) groups excluding carboxylic acids is 1. The smallest absolute Gasteiger partial charge is 0.347 e. The number of hydrogen-bond donors (Lipinski definition) is 1. The largest absolute Gasteiger partial charge is 0.421 e. The number of ether oxygens (including phenoxy) is 2. The number of rotatable bonds is 6. The maximum absolute atomic E-state index is 12.8. The van der Waals surface area contributed by atoms with Gasteiger partial charge in [0.15, 0.2) is 0 Å². The first-order valence-corrected chi connectivity index (χ1v) is 11.5. The van der Waals surface area contributed by atoms with E-state index in [0.717, 1.165) is 55.7 Å². The summed E-state index contributed by atoms with van der Waals surface area (Å²) >= 11 is 0. The molecule has 2 aromatic rings. The number of aliphatic imine (C=N–C) groups is 2. The molecule has 2 aliphatic heterocycles. The van der Waals surface area contributed by atoms with Crippen molar-refractivity contribution in [3.8, 4) is 0 Å².